The molecule has 27 heavy (non-hydrogen) atoms. The molecule has 1 aromatic heterocycles. The molecule has 7 heteroatoms. The molecule has 0 spiro atoms. The van der Waals surface area contributed by atoms with Gasteiger partial charge >= 0.3 is 0 Å². The number of hydrogen-bond acceptors (Lipinski definition) is 6. The fourth-order valence-electron chi connectivity index (χ4n) is 4.71. The Balaban J connectivity index is 1.30. The van der Waals surface area contributed by atoms with E-state index in [-0.39, 0.29) is 5.91 Å². The first-order valence-corrected chi connectivity index (χ1v) is 10.7. The van der Waals surface area contributed by atoms with Crippen LogP contribution in [0, 0.1) is 5.92 Å². The quantitative estimate of drug-likeness (QED) is 0.750. The Kier molecular flexibility index (Phi) is 5.78. The molecule has 0 unspecified atom stereocenters. The predicted molar refractivity (Wildman–Crippen MR) is 102 cm³/mol. The lowest BCUT2D eigenvalue weighted by Gasteiger charge is -2.30. The van der Waals surface area contributed by atoms with Gasteiger partial charge in [0.2, 0.25) is 11.8 Å². The third-order valence-corrected chi connectivity index (χ3v) is 6.61. The Labute approximate surface area is 161 Å². The van der Waals surface area contributed by atoms with Crippen molar-refractivity contribution in [3.8, 4) is 0 Å². The minimum atomic E-state index is 0.158. The molecule has 3 fully saturated rings. The van der Waals surface area contributed by atoms with Gasteiger partial charge in [0.15, 0.2) is 5.82 Å². The Morgan fingerprint density at radius 2 is 1.93 bits per heavy atom. The third-order valence-electron chi connectivity index (χ3n) is 6.61. The molecule has 150 valence electrons. The maximum atomic E-state index is 12.8. The average molecular weight is 376 g/mol. The van der Waals surface area contributed by atoms with Gasteiger partial charge in [-0.3, -0.25) is 9.69 Å². The second kappa shape index (κ2) is 8.27. The molecule has 0 radical (unpaired) electrons. The molecule has 1 aromatic rings. The number of amides is 1. The summed E-state index contributed by atoms with van der Waals surface area (Å²) in [6, 6.07) is 0.772. The fourth-order valence-corrected chi connectivity index (χ4v) is 4.71. The van der Waals surface area contributed by atoms with Gasteiger partial charge in [-0.1, -0.05) is 18.0 Å². The van der Waals surface area contributed by atoms with Gasteiger partial charge in [-0.25, -0.2) is 0 Å². The Morgan fingerprint density at radius 1 is 1.19 bits per heavy atom. The first kappa shape index (κ1) is 18.9. The summed E-state index contributed by atoms with van der Waals surface area (Å²) in [5.74, 6) is 2.76. The number of likely N-dealkylation sites (tertiary alicyclic amines) is 1. The lowest BCUT2D eigenvalue weighted by atomic mass is 10.1. The number of nitrogens with two attached hydrogens (primary N) is 1. The summed E-state index contributed by atoms with van der Waals surface area (Å²) < 4.78 is 5.44. The van der Waals surface area contributed by atoms with Gasteiger partial charge in [0.05, 0.1) is 6.54 Å². The van der Waals surface area contributed by atoms with E-state index >= 15 is 0 Å². The second-order valence-electron chi connectivity index (χ2n) is 8.75. The first-order valence-electron chi connectivity index (χ1n) is 10.7. The van der Waals surface area contributed by atoms with Crippen LogP contribution in [0.1, 0.15) is 75.4 Å². The SMILES string of the molecule is CN(Cc1noc(C2CCCC2)n1)C(=O)C[C@@H]1CC[C@H](CN)N1CC1CC1. The van der Waals surface area contributed by atoms with E-state index in [1.807, 2.05) is 7.05 Å². The van der Waals surface area contributed by atoms with Crippen molar-refractivity contribution in [2.45, 2.75) is 82.3 Å². The topological polar surface area (TPSA) is 88.5 Å². The predicted octanol–water partition coefficient (Wildman–Crippen LogP) is 2.28. The van der Waals surface area contributed by atoms with Gasteiger partial charge in [0, 0.05) is 44.6 Å². The maximum absolute atomic E-state index is 12.8. The number of nitrogens with zero attached hydrogens (tertiary/aromatic N) is 4. The van der Waals surface area contributed by atoms with Crippen molar-refractivity contribution in [3.63, 3.8) is 0 Å². The molecule has 1 aliphatic heterocycles. The molecule has 7 nitrogen and oxygen atoms in total. The van der Waals surface area contributed by atoms with E-state index in [1.54, 1.807) is 4.90 Å². The van der Waals surface area contributed by atoms with Crippen molar-refractivity contribution in [1.29, 1.82) is 0 Å². The minimum Gasteiger partial charge on any atom is -0.339 e. The molecule has 4 rings (SSSR count). The fraction of sp³-hybridized carbons (Fsp3) is 0.850. The number of rotatable bonds is 8. The van der Waals surface area contributed by atoms with Crippen molar-refractivity contribution < 1.29 is 9.32 Å². The van der Waals surface area contributed by atoms with E-state index < -0.39 is 0 Å². The average Bonchev–Trinajstić information content (AvgIpc) is 3.06. The molecule has 2 aliphatic carbocycles. The minimum absolute atomic E-state index is 0.158. The van der Waals surface area contributed by atoms with E-state index in [9.17, 15) is 4.79 Å². The Morgan fingerprint density at radius 3 is 2.63 bits per heavy atom. The van der Waals surface area contributed by atoms with Crippen LogP contribution in [0.25, 0.3) is 0 Å². The standard InChI is InChI=1S/C20H33N5O2/c1-24(13-18-22-20(27-23-18)15-4-2-3-5-15)19(26)10-16-8-9-17(11-21)25(16)12-14-6-7-14/h14-17H,2-13,21H2,1H3/t16-,17+/m0/s1. The van der Waals surface area contributed by atoms with Crippen LogP contribution in [0.4, 0.5) is 0 Å². The first-order chi connectivity index (χ1) is 13.1. The number of aromatic nitrogens is 2. The highest BCUT2D eigenvalue weighted by Crippen LogP contribution is 2.35. The lowest BCUT2D eigenvalue weighted by Crippen LogP contribution is -2.43. The summed E-state index contributed by atoms with van der Waals surface area (Å²) in [5, 5.41) is 4.10. The molecular formula is C20H33N5O2. The van der Waals surface area contributed by atoms with E-state index in [2.05, 4.69) is 15.0 Å². The normalized spacial score (nSPS) is 26.7. The molecule has 2 heterocycles. The molecule has 2 N–H and O–H groups in total. The molecule has 2 atom stereocenters. The summed E-state index contributed by atoms with van der Waals surface area (Å²) >= 11 is 0. The molecule has 1 saturated heterocycles. The highest BCUT2D eigenvalue weighted by molar-refractivity contribution is 5.76. The molecule has 3 aliphatic rings. The van der Waals surface area contributed by atoms with E-state index in [1.165, 1.54) is 25.7 Å². The van der Waals surface area contributed by atoms with Crippen LogP contribution in [0.5, 0.6) is 0 Å². The van der Waals surface area contributed by atoms with Crippen molar-refractivity contribution in [2.24, 2.45) is 11.7 Å². The highest BCUT2D eigenvalue weighted by atomic mass is 16.5. The van der Waals surface area contributed by atoms with E-state index in [0.29, 0.717) is 43.3 Å². The molecule has 1 amide bonds. The molecule has 2 saturated carbocycles. The smallest absolute Gasteiger partial charge is 0.229 e. The van der Waals surface area contributed by atoms with Crippen LogP contribution >= 0.6 is 0 Å². The van der Waals surface area contributed by atoms with Gasteiger partial charge in [0.1, 0.15) is 0 Å². The van der Waals surface area contributed by atoms with Gasteiger partial charge < -0.3 is 15.2 Å². The van der Waals surface area contributed by atoms with Crippen molar-refractivity contribution in [1.82, 2.24) is 19.9 Å². The second-order valence-corrected chi connectivity index (χ2v) is 8.75. The van der Waals surface area contributed by atoms with Crippen LogP contribution in [-0.4, -0.2) is 58.1 Å². The van der Waals surface area contributed by atoms with Crippen LogP contribution in [0.15, 0.2) is 4.52 Å². The van der Waals surface area contributed by atoms with Gasteiger partial charge in [-0.15, -0.1) is 0 Å². The number of carbonyl (C=O) groups excluding carboxylic acids is 1. The molecule has 0 aromatic carbocycles. The van der Waals surface area contributed by atoms with Crippen LogP contribution in [0.2, 0.25) is 0 Å². The van der Waals surface area contributed by atoms with Gasteiger partial charge in [-0.05, 0) is 44.4 Å². The third kappa shape index (κ3) is 4.51. The van der Waals surface area contributed by atoms with E-state index in [4.69, 9.17) is 10.3 Å². The summed E-state index contributed by atoms with van der Waals surface area (Å²) in [7, 11) is 1.84. The van der Waals surface area contributed by atoms with Crippen molar-refractivity contribution in [3.05, 3.63) is 11.7 Å². The summed E-state index contributed by atoms with van der Waals surface area (Å²) in [4.78, 5) is 21.6. The maximum Gasteiger partial charge on any atom is 0.229 e. The molecule has 0 bridgehead atoms. The van der Waals surface area contributed by atoms with Crippen LogP contribution < -0.4 is 5.73 Å². The highest BCUT2D eigenvalue weighted by Gasteiger charge is 2.37. The van der Waals surface area contributed by atoms with Gasteiger partial charge in [0.25, 0.3) is 0 Å². The zero-order chi connectivity index (χ0) is 18.8. The summed E-state index contributed by atoms with van der Waals surface area (Å²) in [6.45, 7) is 2.23. The Hall–Kier alpha value is -1.47. The van der Waals surface area contributed by atoms with Gasteiger partial charge in [-0.2, -0.15) is 4.98 Å². The van der Waals surface area contributed by atoms with Crippen molar-refractivity contribution in [2.75, 3.05) is 20.1 Å². The number of hydrogen-bond donors (Lipinski definition) is 1. The lowest BCUT2D eigenvalue weighted by molar-refractivity contribution is -0.131. The van der Waals surface area contributed by atoms with Crippen LogP contribution in [0.3, 0.4) is 0 Å². The Bertz CT molecular complexity index is 638. The van der Waals surface area contributed by atoms with E-state index in [0.717, 1.165) is 44.0 Å². The zero-order valence-electron chi connectivity index (χ0n) is 16.5. The zero-order valence-corrected chi connectivity index (χ0v) is 16.5. The monoisotopic (exact) mass is 375 g/mol. The number of carbonyl (C=O) groups is 1. The van der Waals surface area contributed by atoms with Crippen LogP contribution in [-0.2, 0) is 11.3 Å². The largest absolute Gasteiger partial charge is 0.339 e. The van der Waals surface area contributed by atoms with Crippen molar-refractivity contribution >= 4 is 5.91 Å². The molecular weight excluding hydrogens is 342 g/mol. The summed E-state index contributed by atoms with van der Waals surface area (Å²) in [6.07, 6.45) is 10.2. The summed E-state index contributed by atoms with van der Waals surface area (Å²) in [5.41, 5.74) is 5.97.